The van der Waals surface area contributed by atoms with Gasteiger partial charge in [-0.25, -0.2) is 14.4 Å². The normalized spacial score (nSPS) is 12.9. The number of hydrogen-bond donors (Lipinski definition) is 1. The number of alkyl halides is 1. The molecule has 2 N–H and O–H groups in total. The first-order chi connectivity index (χ1) is 9.26. The van der Waals surface area contributed by atoms with E-state index in [1.807, 2.05) is 0 Å². The fourth-order valence-corrected chi connectivity index (χ4v) is 1.82. The summed E-state index contributed by atoms with van der Waals surface area (Å²) < 4.78 is 19.9. The summed E-state index contributed by atoms with van der Waals surface area (Å²) in [5.41, 5.74) is 7.09. The molecule has 0 fully saturated rings. The Kier molecular flexibility index (Phi) is 4.62. The predicted molar refractivity (Wildman–Crippen MR) is 69.5 cm³/mol. The van der Waals surface area contributed by atoms with Gasteiger partial charge >= 0.3 is 0 Å². The zero-order chi connectivity index (χ0) is 13.7. The van der Waals surface area contributed by atoms with Gasteiger partial charge in [0.25, 0.3) is 0 Å². The monoisotopic (exact) mass is 267 g/mol. The number of unbranched alkanes of at least 4 members (excludes halogenated alkanes) is 1. The number of nitrogens with zero attached hydrogens (tertiary/aromatic N) is 4. The zero-order valence-corrected chi connectivity index (χ0v) is 10.9. The van der Waals surface area contributed by atoms with E-state index in [-0.39, 0.29) is 5.95 Å². The largest absolute Gasteiger partial charge is 0.375 e. The minimum atomic E-state index is -0.526. The maximum atomic E-state index is 12.9. The summed E-state index contributed by atoms with van der Waals surface area (Å²) in [5, 5.41) is 4.09. The molecule has 0 bridgehead atoms. The molecule has 1 atom stereocenters. The van der Waals surface area contributed by atoms with E-state index in [0.29, 0.717) is 18.7 Å². The lowest BCUT2D eigenvalue weighted by molar-refractivity contribution is 0.0348. The smallest absolute Gasteiger partial charge is 0.224 e. The second kappa shape index (κ2) is 6.42. The lowest BCUT2D eigenvalue weighted by Gasteiger charge is -2.13. The first-order valence-electron chi connectivity index (χ1n) is 6.37. The van der Waals surface area contributed by atoms with Crippen LogP contribution in [0.25, 0.3) is 5.65 Å². The van der Waals surface area contributed by atoms with Crippen molar-refractivity contribution < 1.29 is 9.13 Å². The number of aromatic nitrogens is 4. The number of nitrogen functional groups attached to an aromatic ring is 1. The summed E-state index contributed by atoms with van der Waals surface area (Å²) in [4.78, 5) is 7.96. The molecule has 2 rings (SSSR count). The molecule has 0 amide bonds. The van der Waals surface area contributed by atoms with Gasteiger partial charge in [0, 0.05) is 18.6 Å². The minimum absolute atomic E-state index is 0.264. The van der Waals surface area contributed by atoms with Gasteiger partial charge in [0.1, 0.15) is 13.0 Å². The van der Waals surface area contributed by atoms with Crippen LogP contribution in [0.3, 0.4) is 0 Å². The first-order valence-corrected chi connectivity index (χ1v) is 6.37. The number of fused-ring (bicyclic) bond motifs is 1. The van der Waals surface area contributed by atoms with E-state index >= 15 is 0 Å². The fraction of sp³-hybridized carbons (Fsp3) is 0.583. The minimum Gasteiger partial charge on any atom is -0.375 e. The van der Waals surface area contributed by atoms with Crippen LogP contribution in [0.2, 0.25) is 0 Å². The molecule has 19 heavy (non-hydrogen) atoms. The van der Waals surface area contributed by atoms with Crippen LogP contribution in [-0.4, -0.2) is 39.0 Å². The number of ether oxygens (including phenoxy) is 1. The van der Waals surface area contributed by atoms with Crippen molar-refractivity contribution in [2.24, 2.45) is 0 Å². The third kappa shape index (κ3) is 3.17. The second-order valence-electron chi connectivity index (χ2n) is 4.34. The van der Waals surface area contributed by atoms with Gasteiger partial charge in [-0.2, -0.15) is 9.61 Å². The third-order valence-electron chi connectivity index (χ3n) is 2.88. The van der Waals surface area contributed by atoms with Crippen LogP contribution < -0.4 is 5.73 Å². The molecular formula is C12H18FN5O. The quantitative estimate of drug-likeness (QED) is 0.767. The summed E-state index contributed by atoms with van der Waals surface area (Å²) in [7, 11) is 0. The molecule has 0 spiro atoms. The third-order valence-corrected chi connectivity index (χ3v) is 2.88. The summed E-state index contributed by atoms with van der Waals surface area (Å²) in [6, 6.07) is 0. The van der Waals surface area contributed by atoms with Crippen molar-refractivity contribution in [3.05, 3.63) is 18.1 Å². The van der Waals surface area contributed by atoms with Crippen molar-refractivity contribution in [3.8, 4) is 0 Å². The van der Waals surface area contributed by atoms with Crippen molar-refractivity contribution in [2.75, 3.05) is 19.0 Å². The van der Waals surface area contributed by atoms with E-state index in [4.69, 9.17) is 10.5 Å². The Bertz CT molecular complexity index is 530. The molecule has 104 valence electrons. The van der Waals surface area contributed by atoms with Crippen LogP contribution in [0.4, 0.5) is 10.3 Å². The fourth-order valence-electron chi connectivity index (χ4n) is 1.82. The van der Waals surface area contributed by atoms with Gasteiger partial charge < -0.3 is 10.5 Å². The molecule has 2 aromatic heterocycles. The molecule has 0 aliphatic rings. The molecule has 0 radical (unpaired) electrons. The summed E-state index contributed by atoms with van der Waals surface area (Å²) in [6.45, 7) is 2.11. The number of hydrogen-bond acceptors (Lipinski definition) is 5. The van der Waals surface area contributed by atoms with Crippen LogP contribution in [-0.2, 0) is 11.2 Å². The molecule has 6 nitrogen and oxygen atoms in total. The van der Waals surface area contributed by atoms with Gasteiger partial charge in [0.2, 0.25) is 5.95 Å². The second-order valence-corrected chi connectivity index (χ2v) is 4.34. The van der Waals surface area contributed by atoms with Gasteiger partial charge in [0.05, 0.1) is 12.3 Å². The standard InChI is InChI=1S/C12H18FN5O/c1-2-3-4-19-10(6-13)5-9-7-17-18-11(9)15-8-16-12(18)14/h7-8,10H,2-6H2,1H3,(H2,14,15,16). The number of anilines is 1. The average molecular weight is 267 g/mol. The van der Waals surface area contributed by atoms with Crippen LogP contribution >= 0.6 is 0 Å². The molecule has 0 saturated heterocycles. The Labute approximate surface area is 110 Å². The predicted octanol–water partition coefficient (Wildman–Crippen LogP) is 1.40. The van der Waals surface area contributed by atoms with Crippen molar-refractivity contribution in [3.63, 3.8) is 0 Å². The lowest BCUT2D eigenvalue weighted by atomic mass is 10.1. The SMILES string of the molecule is CCCCOC(CF)Cc1cnn2c(N)ncnc12. The highest BCUT2D eigenvalue weighted by atomic mass is 19.1. The highest BCUT2D eigenvalue weighted by molar-refractivity contribution is 5.49. The van der Waals surface area contributed by atoms with E-state index in [1.165, 1.54) is 10.8 Å². The van der Waals surface area contributed by atoms with Crippen molar-refractivity contribution >= 4 is 11.6 Å². The van der Waals surface area contributed by atoms with Gasteiger partial charge in [-0.15, -0.1) is 0 Å². The number of nitrogens with two attached hydrogens (primary N) is 1. The first kappa shape index (κ1) is 13.7. The Morgan fingerprint density at radius 3 is 3.05 bits per heavy atom. The molecule has 2 aromatic rings. The Hall–Kier alpha value is -1.76. The maximum Gasteiger partial charge on any atom is 0.224 e. The highest BCUT2D eigenvalue weighted by Gasteiger charge is 2.15. The van der Waals surface area contributed by atoms with E-state index in [1.54, 1.807) is 6.20 Å². The van der Waals surface area contributed by atoms with Crippen molar-refractivity contribution in [1.82, 2.24) is 19.6 Å². The topological polar surface area (TPSA) is 78.3 Å². The van der Waals surface area contributed by atoms with E-state index in [0.717, 1.165) is 18.4 Å². The molecule has 0 aromatic carbocycles. The summed E-state index contributed by atoms with van der Waals surface area (Å²) >= 11 is 0. The Morgan fingerprint density at radius 1 is 1.47 bits per heavy atom. The number of rotatable bonds is 7. The lowest BCUT2D eigenvalue weighted by Crippen LogP contribution is -2.19. The van der Waals surface area contributed by atoms with Crippen molar-refractivity contribution in [1.29, 1.82) is 0 Å². The Balaban J connectivity index is 2.09. The average Bonchev–Trinajstić information content (AvgIpc) is 2.82. The number of halogens is 1. The molecule has 2 heterocycles. The van der Waals surface area contributed by atoms with E-state index in [9.17, 15) is 4.39 Å². The molecule has 0 aliphatic carbocycles. The Morgan fingerprint density at radius 2 is 2.32 bits per heavy atom. The van der Waals surface area contributed by atoms with Crippen LogP contribution in [0.15, 0.2) is 12.5 Å². The molecule has 7 heteroatoms. The zero-order valence-electron chi connectivity index (χ0n) is 10.9. The molecular weight excluding hydrogens is 249 g/mol. The van der Waals surface area contributed by atoms with Crippen molar-refractivity contribution in [2.45, 2.75) is 32.3 Å². The molecule has 0 saturated carbocycles. The van der Waals surface area contributed by atoms with Crippen LogP contribution in [0, 0.1) is 0 Å². The van der Waals surface area contributed by atoms with E-state index in [2.05, 4.69) is 22.0 Å². The summed E-state index contributed by atoms with van der Waals surface area (Å²) in [6.07, 6.45) is 4.93. The van der Waals surface area contributed by atoms with Gasteiger partial charge in [-0.3, -0.25) is 0 Å². The van der Waals surface area contributed by atoms with Gasteiger partial charge in [-0.1, -0.05) is 13.3 Å². The summed E-state index contributed by atoms with van der Waals surface area (Å²) in [5.74, 6) is 0.264. The van der Waals surface area contributed by atoms with Crippen LogP contribution in [0.5, 0.6) is 0 Å². The highest BCUT2D eigenvalue weighted by Crippen LogP contribution is 2.13. The molecule has 0 aliphatic heterocycles. The van der Waals surface area contributed by atoms with Gasteiger partial charge in [-0.05, 0) is 6.42 Å². The van der Waals surface area contributed by atoms with Crippen LogP contribution in [0.1, 0.15) is 25.3 Å². The van der Waals surface area contributed by atoms with E-state index < -0.39 is 12.8 Å². The molecule has 1 unspecified atom stereocenters. The maximum absolute atomic E-state index is 12.9. The van der Waals surface area contributed by atoms with Gasteiger partial charge in [0.15, 0.2) is 5.65 Å².